The maximum absolute atomic E-state index is 13.4. The van der Waals surface area contributed by atoms with Crippen LogP contribution in [0, 0.1) is 11.3 Å². The number of nitrogens with zero attached hydrogens (tertiary/aromatic N) is 3. The van der Waals surface area contributed by atoms with E-state index in [1.54, 1.807) is 35.2 Å². The molecule has 3 N–H and O–H groups in total. The Morgan fingerprint density at radius 3 is 2.49 bits per heavy atom. The fourth-order valence-corrected chi connectivity index (χ4v) is 5.18. The number of ether oxygens (including phenoxy) is 1. The van der Waals surface area contributed by atoms with E-state index in [4.69, 9.17) is 4.74 Å². The van der Waals surface area contributed by atoms with E-state index in [-0.39, 0.29) is 30.4 Å². The van der Waals surface area contributed by atoms with Crippen molar-refractivity contribution in [2.75, 3.05) is 26.2 Å². The third-order valence-electron chi connectivity index (χ3n) is 7.25. The summed E-state index contributed by atoms with van der Waals surface area (Å²) in [4.78, 5) is 30.0. The van der Waals surface area contributed by atoms with Crippen LogP contribution in [-0.4, -0.2) is 76.8 Å². The molecule has 0 unspecified atom stereocenters. The summed E-state index contributed by atoms with van der Waals surface area (Å²) in [6, 6.07) is 10.2. The normalized spacial score (nSPS) is 20.0. The zero-order valence-electron chi connectivity index (χ0n) is 21.9. The molecule has 2 amide bonds. The highest BCUT2D eigenvalue weighted by atomic mass is 16.5. The van der Waals surface area contributed by atoms with Crippen molar-refractivity contribution in [2.45, 2.75) is 76.3 Å². The Bertz CT molecular complexity index is 973. The number of nitriles is 1. The van der Waals surface area contributed by atoms with Crippen LogP contribution < -0.4 is 5.32 Å². The summed E-state index contributed by atoms with van der Waals surface area (Å²) < 4.78 is 5.49. The van der Waals surface area contributed by atoms with E-state index >= 15 is 0 Å². The number of nitrogens with one attached hydrogen (secondary N) is 1. The number of hydrogen-bond donors (Lipinski definition) is 3. The lowest BCUT2D eigenvalue weighted by Crippen LogP contribution is -2.49. The van der Waals surface area contributed by atoms with Crippen LogP contribution in [0.2, 0.25) is 6.32 Å². The van der Waals surface area contributed by atoms with E-state index in [1.807, 2.05) is 19.9 Å². The Balaban J connectivity index is 1.64. The summed E-state index contributed by atoms with van der Waals surface area (Å²) in [5, 5.41) is 31.4. The topological polar surface area (TPSA) is 126 Å². The maximum atomic E-state index is 13.4. The standard InChI is InChI=1S/C27H39BN4O5/c1-27(2,31-14-8-4-9-15-31)17-22(19-29)25(33)32-16-10-7-13-23(32)20-37-26(34)30-24(18-28(35)36)21-11-5-3-6-12-21/h3,5-6,11-12,17,23-24,35-36H,4,7-10,13-16,18,20H2,1-2H3,(H,30,34)/t23-,24-/m1/s1. The average Bonchev–Trinajstić information content (AvgIpc) is 2.90. The molecule has 1 aromatic carbocycles. The SMILES string of the molecule is CC(C)(C=C(C#N)C(=O)N1CCCC[C@@H]1COC(=O)N[C@H](CB(O)O)c1ccccc1)N1CCCCC1. The summed E-state index contributed by atoms with van der Waals surface area (Å²) in [7, 11) is -1.60. The Kier molecular flexibility index (Phi) is 10.6. The second-order valence-electron chi connectivity index (χ2n) is 10.4. The number of rotatable bonds is 9. The Hall–Kier alpha value is -2.87. The van der Waals surface area contributed by atoms with Gasteiger partial charge in [0.2, 0.25) is 0 Å². The first-order valence-electron chi connectivity index (χ1n) is 13.2. The van der Waals surface area contributed by atoms with Crippen LogP contribution in [0.1, 0.15) is 64.0 Å². The maximum Gasteiger partial charge on any atom is 0.453 e. The molecule has 200 valence electrons. The molecule has 0 bridgehead atoms. The first kappa shape index (κ1) is 28.7. The van der Waals surface area contributed by atoms with Crippen molar-refractivity contribution in [2.24, 2.45) is 0 Å². The molecule has 0 spiro atoms. The monoisotopic (exact) mass is 510 g/mol. The molecule has 0 aliphatic carbocycles. The number of alkyl carbamates (subject to hydrolysis) is 1. The van der Waals surface area contributed by atoms with Gasteiger partial charge in [-0.05, 0) is 70.7 Å². The van der Waals surface area contributed by atoms with Crippen molar-refractivity contribution in [3.8, 4) is 6.07 Å². The highest BCUT2D eigenvalue weighted by Gasteiger charge is 2.33. The van der Waals surface area contributed by atoms with Gasteiger partial charge in [0.25, 0.3) is 5.91 Å². The molecule has 3 rings (SSSR count). The van der Waals surface area contributed by atoms with Crippen molar-refractivity contribution in [1.29, 1.82) is 5.26 Å². The van der Waals surface area contributed by atoms with Crippen LogP contribution in [0.4, 0.5) is 4.79 Å². The van der Waals surface area contributed by atoms with Crippen LogP contribution in [-0.2, 0) is 9.53 Å². The molecule has 9 nitrogen and oxygen atoms in total. The van der Waals surface area contributed by atoms with Crippen LogP contribution >= 0.6 is 0 Å². The molecule has 2 heterocycles. The van der Waals surface area contributed by atoms with Gasteiger partial charge in [-0.1, -0.05) is 36.8 Å². The number of carbonyl (C=O) groups is 2. The third-order valence-corrected chi connectivity index (χ3v) is 7.25. The summed E-state index contributed by atoms with van der Waals surface area (Å²) in [5.74, 6) is -0.327. The van der Waals surface area contributed by atoms with Crippen LogP contribution in [0.3, 0.4) is 0 Å². The molecule has 2 aliphatic heterocycles. The van der Waals surface area contributed by atoms with Gasteiger partial charge in [0, 0.05) is 18.4 Å². The molecule has 2 atom stereocenters. The van der Waals surface area contributed by atoms with E-state index < -0.39 is 24.8 Å². The number of amides is 2. The molecule has 0 aromatic heterocycles. The molecule has 1 aromatic rings. The minimum atomic E-state index is -1.60. The number of piperidine rings is 2. The fourth-order valence-electron chi connectivity index (χ4n) is 5.18. The highest BCUT2D eigenvalue weighted by molar-refractivity contribution is 6.41. The number of carbonyl (C=O) groups excluding carboxylic acids is 2. The lowest BCUT2D eigenvalue weighted by molar-refractivity contribution is -0.131. The zero-order valence-corrected chi connectivity index (χ0v) is 21.9. The van der Waals surface area contributed by atoms with Crippen LogP contribution in [0.15, 0.2) is 42.0 Å². The Morgan fingerprint density at radius 2 is 1.84 bits per heavy atom. The highest BCUT2D eigenvalue weighted by Crippen LogP contribution is 2.26. The predicted octanol–water partition coefficient (Wildman–Crippen LogP) is 3.02. The molecular weight excluding hydrogens is 471 g/mol. The molecule has 2 fully saturated rings. The van der Waals surface area contributed by atoms with Gasteiger partial charge in [-0.3, -0.25) is 9.69 Å². The minimum absolute atomic E-state index is 0.00497. The molecular formula is C27H39BN4O5. The van der Waals surface area contributed by atoms with Crippen molar-refractivity contribution < 1.29 is 24.4 Å². The number of likely N-dealkylation sites (tertiary alicyclic amines) is 2. The van der Waals surface area contributed by atoms with Gasteiger partial charge >= 0.3 is 13.2 Å². The van der Waals surface area contributed by atoms with Crippen LogP contribution in [0.25, 0.3) is 0 Å². The first-order chi connectivity index (χ1) is 17.7. The number of hydrogen-bond acceptors (Lipinski definition) is 7. The van der Waals surface area contributed by atoms with E-state index in [1.165, 1.54) is 6.42 Å². The van der Waals surface area contributed by atoms with Crippen molar-refractivity contribution >= 4 is 19.1 Å². The Morgan fingerprint density at radius 1 is 1.16 bits per heavy atom. The van der Waals surface area contributed by atoms with E-state index in [0.717, 1.165) is 44.3 Å². The van der Waals surface area contributed by atoms with Crippen LogP contribution in [0.5, 0.6) is 0 Å². The van der Waals surface area contributed by atoms with E-state index in [2.05, 4.69) is 16.3 Å². The summed E-state index contributed by atoms with van der Waals surface area (Å²) >= 11 is 0. The van der Waals surface area contributed by atoms with Crippen molar-refractivity contribution in [1.82, 2.24) is 15.1 Å². The predicted molar refractivity (Wildman–Crippen MR) is 141 cm³/mol. The minimum Gasteiger partial charge on any atom is -0.447 e. The first-order valence-corrected chi connectivity index (χ1v) is 13.2. The number of benzene rings is 1. The van der Waals surface area contributed by atoms with Crippen molar-refractivity contribution in [3.05, 3.63) is 47.5 Å². The molecule has 37 heavy (non-hydrogen) atoms. The third kappa shape index (κ3) is 8.32. The molecule has 0 radical (unpaired) electrons. The summed E-state index contributed by atoms with van der Waals surface area (Å²) in [6.45, 7) is 6.47. The van der Waals surface area contributed by atoms with Crippen molar-refractivity contribution in [3.63, 3.8) is 0 Å². The molecule has 2 saturated heterocycles. The molecule has 2 aliphatic rings. The lowest BCUT2D eigenvalue weighted by Gasteiger charge is -2.40. The summed E-state index contributed by atoms with van der Waals surface area (Å²) in [6.07, 6.45) is 6.82. The average molecular weight is 510 g/mol. The van der Waals surface area contributed by atoms with Gasteiger partial charge in [-0.2, -0.15) is 5.26 Å². The Labute approximate surface area is 220 Å². The van der Waals surface area contributed by atoms with Gasteiger partial charge < -0.3 is 25.0 Å². The smallest absolute Gasteiger partial charge is 0.447 e. The second-order valence-corrected chi connectivity index (χ2v) is 10.4. The largest absolute Gasteiger partial charge is 0.453 e. The van der Waals surface area contributed by atoms with Gasteiger partial charge in [0.05, 0.1) is 12.1 Å². The van der Waals surface area contributed by atoms with Gasteiger partial charge in [0.15, 0.2) is 0 Å². The fraction of sp³-hybridized carbons (Fsp3) is 0.593. The molecule has 10 heteroatoms. The van der Waals surface area contributed by atoms with E-state index in [0.29, 0.717) is 13.0 Å². The van der Waals surface area contributed by atoms with Gasteiger partial charge in [-0.25, -0.2) is 4.79 Å². The second kappa shape index (κ2) is 13.6. The lowest BCUT2D eigenvalue weighted by atomic mass is 9.79. The van der Waals surface area contributed by atoms with E-state index in [9.17, 15) is 24.9 Å². The quantitative estimate of drug-likeness (QED) is 0.265. The summed E-state index contributed by atoms with van der Waals surface area (Å²) in [5.41, 5.74) is 0.433. The zero-order chi connectivity index (χ0) is 26.8. The van der Waals surface area contributed by atoms with Gasteiger partial charge in [0.1, 0.15) is 18.2 Å². The molecule has 0 saturated carbocycles. The van der Waals surface area contributed by atoms with Gasteiger partial charge in [-0.15, -0.1) is 0 Å².